The maximum Gasteiger partial charge on any atom is 0.331 e. The molecule has 1 unspecified atom stereocenters. The Kier molecular flexibility index (Phi) is 2.88. The molecule has 0 saturated carbocycles. The molecule has 0 aromatic carbocycles. The van der Waals surface area contributed by atoms with E-state index < -0.39 is 23.7 Å². The number of hydrogen-bond donors (Lipinski definition) is 2. The number of carbonyl (C=O) groups excluding carboxylic acids is 2. The summed E-state index contributed by atoms with van der Waals surface area (Å²) in [4.78, 5) is 30.9. The quantitative estimate of drug-likeness (QED) is 0.402. The fourth-order valence-corrected chi connectivity index (χ4v) is 0.513. The average molecular weight is 159 g/mol. The van der Waals surface area contributed by atoms with E-state index in [1.54, 1.807) is 0 Å². The van der Waals surface area contributed by atoms with Crippen molar-refractivity contribution in [2.45, 2.75) is 18.9 Å². The van der Waals surface area contributed by atoms with Crippen molar-refractivity contribution < 1.29 is 19.5 Å². The minimum absolute atomic E-state index is 0.315. The van der Waals surface area contributed by atoms with E-state index in [2.05, 4.69) is 0 Å². The molecule has 0 aliphatic carbocycles. The molecule has 0 bridgehead atoms. The predicted molar refractivity (Wildman–Crippen MR) is 35.9 cm³/mol. The lowest BCUT2D eigenvalue weighted by atomic mass is 9.93. The lowest BCUT2D eigenvalue weighted by Gasteiger charge is -2.17. The van der Waals surface area contributed by atoms with Crippen molar-refractivity contribution in [2.75, 3.05) is 0 Å². The molecule has 0 aliphatic heterocycles. The number of rotatable bonds is 4. The smallest absolute Gasteiger partial charge is 0.331 e. The molecule has 0 fully saturated rings. The first-order valence-corrected chi connectivity index (χ1v) is 2.92. The molecule has 0 radical (unpaired) electrons. The summed E-state index contributed by atoms with van der Waals surface area (Å²) < 4.78 is 0. The second kappa shape index (κ2) is 3.25. The lowest BCUT2D eigenvalue weighted by Crippen LogP contribution is -2.54. The van der Waals surface area contributed by atoms with Gasteiger partial charge in [0, 0.05) is 6.42 Å². The fraction of sp³-hybridized carbons (Fsp3) is 0.500. The Morgan fingerprint density at radius 2 is 2.09 bits per heavy atom. The Hall–Kier alpha value is -1.23. The van der Waals surface area contributed by atoms with E-state index in [1.807, 2.05) is 0 Å². The molecular weight excluding hydrogens is 150 g/mol. The van der Waals surface area contributed by atoms with Crippen LogP contribution in [0.5, 0.6) is 0 Å². The van der Waals surface area contributed by atoms with Crippen LogP contribution in [0.1, 0.15) is 13.3 Å². The van der Waals surface area contributed by atoms with E-state index in [9.17, 15) is 14.4 Å². The van der Waals surface area contributed by atoms with Gasteiger partial charge in [-0.05, 0) is 6.92 Å². The number of carboxylic acid groups (broad SMARTS) is 1. The third kappa shape index (κ3) is 1.84. The second-order valence-corrected chi connectivity index (χ2v) is 2.20. The molecule has 3 N–H and O–H groups in total. The van der Waals surface area contributed by atoms with Crippen molar-refractivity contribution in [3.63, 3.8) is 0 Å². The summed E-state index contributed by atoms with van der Waals surface area (Å²) >= 11 is 0. The number of carbonyl (C=O) groups is 3. The van der Waals surface area contributed by atoms with Gasteiger partial charge in [-0.1, -0.05) is 0 Å². The Labute approximate surface area is 63.2 Å². The molecule has 0 amide bonds. The topological polar surface area (TPSA) is 97.5 Å². The van der Waals surface area contributed by atoms with Crippen LogP contribution in [-0.2, 0) is 14.4 Å². The van der Waals surface area contributed by atoms with Crippen molar-refractivity contribution in [1.29, 1.82) is 0 Å². The maximum absolute atomic E-state index is 10.6. The van der Waals surface area contributed by atoms with Crippen molar-refractivity contribution in [2.24, 2.45) is 5.73 Å². The van der Waals surface area contributed by atoms with Gasteiger partial charge in [-0.3, -0.25) is 4.79 Å². The zero-order valence-electron chi connectivity index (χ0n) is 6.03. The van der Waals surface area contributed by atoms with E-state index in [0.29, 0.717) is 6.29 Å². The average Bonchev–Trinajstić information content (AvgIpc) is 1.87. The molecule has 5 heteroatoms. The minimum Gasteiger partial charge on any atom is -0.480 e. The standard InChI is InChI=1S/C6H9NO4/c1-4(9)6(7,2-3-8)5(10)11/h3H,2,7H2,1H3,(H,10,11). The second-order valence-electron chi connectivity index (χ2n) is 2.20. The zero-order valence-corrected chi connectivity index (χ0v) is 6.03. The van der Waals surface area contributed by atoms with E-state index in [-0.39, 0.29) is 0 Å². The summed E-state index contributed by atoms with van der Waals surface area (Å²) in [7, 11) is 0. The molecule has 0 rings (SSSR count). The summed E-state index contributed by atoms with van der Waals surface area (Å²) in [5, 5.41) is 8.43. The largest absolute Gasteiger partial charge is 0.480 e. The van der Waals surface area contributed by atoms with E-state index in [4.69, 9.17) is 10.8 Å². The molecule has 0 aliphatic rings. The van der Waals surface area contributed by atoms with Crippen LogP contribution in [0.2, 0.25) is 0 Å². The highest BCUT2D eigenvalue weighted by Crippen LogP contribution is 2.06. The first kappa shape index (κ1) is 9.77. The van der Waals surface area contributed by atoms with Gasteiger partial charge in [0.25, 0.3) is 0 Å². The van der Waals surface area contributed by atoms with E-state index in [1.165, 1.54) is 0 Å². The molecule has 0 aromatic heterocycles. The van der Waals surface area contributed by atoms with Gasteiger partial charge in [0.2, 0.25) is 0 Å². The normalized spacial score (nSPS) is 15.1. The highest BCUT2D eigenvalue weighted by Gasteiger charge is 2.38. The highest BCUT2D eigenvalue weighted by atomic mass is 16.4. The monoisotopic (exact) mass is 159 g/mol. The van der Waals surface area contributed by atoms with Crippen LogP contribution in [0.4, 0.5) is 0 Å². The van der Waals surface area contributed by atoms with Crippen LogP contribution >= 0.6 is 0 Å². The van der Waals surface area contributed by atoms with Crippen LogP contribution in [-0.4, -0.2) is 28.7 Å². The van der Waals surface area contributed by atoms with E-state index >= 15 is 0 Å². The first-order chi connectivity index (χ1) is 4.95. The van der Waals surface area contributed by atoms with Crippen molar-refractivity contribution in [3.05, 3.63) is 0 Å². The number of aliphatic carboxylic acids is 1. The Morgan fingerprint density at radius 3 is 2.18 bits per heavy atom. The molecule has 5 nitrogen and oxygen atoms in total. The number of Topliss-reactive ketones (excluding diaryl/α,β-unsaturated/α-hetero) is 1. The molecule has 0 heterocycles. The van der Waals surface area contributed by atoms with Gasteiger partial charge < -0.3 is 15.6 Å². The maximum atomic E-state index is 10.6. The van der Waals surface area contributed by atoms with Crippen LogP contribution in [0.25, 0.3) is 0 Å². The van der Waals surface area contributed by atoms with Gasteiger partial charge in [-0.15, -0.1) is 0 Å². The van der Waals surface area contributed by atoms with Crippen molar-refractivity contribution >= 4 is 18.0 Å². The van der Waals surface area contributed by atoms with Gasteiger partial charge >= 0.3 is 5.97 Å². The molecule has 0 spiro atoms. The summed E-state index contributed by atoms with van der Waals surface area (Å²) in [6.07, 6.45) is -0.173. The summed E-state index contributed by atoms with van der Waals surface area (Å²) in [5.41, 5.74) is 3.07. The number of nitrogens with two attached hydrogens (primary N) is 1. The van der Waals surface area contributed by atoms with Gasteiger partial charge in [0.1, 0.15) is 6.29 Å². The Balaban J connectivity index is 4.65. The van der Waals surface area contributed by atoms with Crippen molar-refractivity contribution in [1.82, 2.24) is 0 Å². The molecular formula is C6H9NO4. The number of hydrogen-bond acceptors (Lipinski definition) is 4. The third-order valence-electron chi connectivity index (χ3n) is 1.42. The number of ketones is 1. The summed E-state index contributed by atoms with van der Waals surface area (Å²) in [5.74, 6) is -2.20. The summed E-state index contributed by atoms with van der Waals surface area (Å²) in [6, 6.07) is 0. The van der Waals surface area contributed by atoms with Crippen LogP contribution in [0.3, 0.4) is 0 Å². The Morgan fingerprint density at radius 1 is 1.64 bits per heavy atom. The lowest BCUT2D eigenvalue weighted by molar-refractivity contribution is -0.148. The zero-order chi connectivity index (χ0) is 9.07. The van der Waals surface area contributed by atoms with Crippen molar-refractivity contribution in [3.8, 4) is 0 Å². The Bertz CT molecular complexity index is 185. The SMILES string of the molecule is CC(=O)C(N)(CC=O)C(=O)O. The molecule has 11 heavy (non-hydrogen) atoms. The van der Waals surface area contributed by atoms with Gasteiger partial charge in [0.15, 0.2) is 11.3 Å². The molecule has 0 saturated heterocycles. The van der Waals surface area contributed by atoms with Gasteiger partial charge in [-0.25, -0.2) is 4.79 Å². The molecule has 62 valence electrons. The molecule has 0 aromatic rings. The fourth-order valence-electron chi connectivity index (χ4n) is 0.513. The number of carboxylic acids is 1. The third-order valence-corrected chi connectivity index (χ3v) is 1.42. The highest BCUT2D eigenvalue weighted by molar-refractivity contribution is 6.08. The predicted octanol–water partition coefficient (Wildman–Crippen LogP) is -1.05. The van der Waals surface area contributed by atoms with E-state index in [0.717, 1.165) is 6.92 Å². The van der Waals surface area contributed by atoms with Crippen LogP contribution < -0.4 is 5.73 Å². The van der Waals surface area contributed by atoms with Crippen LogP contribution in [0.15, 0.2) is 0 Å². The number of aldehydes is 1. The van der Waals surface area contributed by atoms with Gasteiger partial charge in [0.05, 0.1) is 0 Å². The summed E-state index contributed by atoms with van der Waals surface area (Å²) in [6.45, 7) is 1.04. The molecule has 1 atom stereocenters. The first-order valence-electron chi connectivity index (χ1n) is 2.92. The van der Waals surface area contributed by atoms with Gasteiger partial charge in [-0.2, -0.15) is 0 Å². The van der Waals surface area contributed by atoms with Crippen LogP contribution in [0, 0.1) is 0 Å². The minimum atomic E-state index is -2.04.